The van der Waals surface area contributed by atoms with Crippen LogP contribution in [0.2, 0.25) is 0 Å². The van der Waals surface area contributed by atoms with Gasteiger partial charge in [0.1, 0.15) is 6.67 Å². The van der Waals surface area contributed by atoms with Gasteiger partial charge in [0, 0.05) is 6.54 Å². The minimum absolute atomic E-state index is 0.0713. The Bertz CT molecular complexity index is 1350. The number of para-hydroxylation sites is 1. The molecular weight excluding hydrogens is 442 g/mol. The van der Waals surface area contributed by atoms with E-state index in [2.05, 4.69) is 0 Å². The van der Waals surface area contributed by atoms with Crippen molar-refractivity contribution < 1.29 is 22.8 Å². The molecule has 33 heavy (non-hydrogen) atoms. The van der Waals surface area contributed by atoms with Gasteiger partial charge in [-0.2, -0.15) is 8.42 Å². The maximum Gasteiger partial charge on any atom is 0.330 e. The van der Waals surface area contributed by atoms with Gasteiger partial charge in [0.25, 0.3) is 17.7 Å². The SMILES string of the molecule is O=C1c2ccccc2C(=O)N1CN1c2ccccc2C(=O)N(CCc2ccccc2)S1(=O)=O. The van der Waals surface area contributed by atoms with Crippen LogP contribution in [0.4, 0.5) is 5.69 Å². The summed E-state index contributed by atoms with van der Waals surface area (Å²) >= 11 is 0. The number of benzene rings is 3. The summed E-state index contributed by atoms with van der Waals surface area (Å²) in [4.78, 5) is 39.7. The third kappa shape index (κ3) is 3.37. The molecule has 166 valence electrons. The predicted molar refractivity (Wildman–Crippen MR) is 121 cm³/mol. The molecule has 3 aromatic carbocycles. The van der Waals surface area contributed by atoms with E-state index in [4.69, 9.17) is 0 Å². The molecule has 2 aliphatic rings. The van der Waals surface area contributed by atoms with Crippen molar-refractivity contribution in [1.82, 2.24) is 9.21 Å². The minimum atomic E-state index is -4.35. The van der Waals surface area contributed by atoms with Crippen LogP contribution in [0.1, 0.15) is 36.6 Å². The lowest BCUT2D eigenvalue weighted by molar-refractivity contribution is 0.0660. The zero-order valence-electron chi connectivity index (χ0n) is 17.4. The molecule has 0 bridgehead atoms. The molecular formula is C24H19N3O5S. The summed E-state index contributed by atoms with van der Waals surface area (Å²) < 4.78 is 28.9. The fraction of sp³-hybridized carbons (Fsp3) is 0.125. The quantitative estimate of drug-likeness (QED) is 0.545. The summed E-state index contributed by atoms with van der Waals surface area (Å²) in [6.45, 7) is -0.598. The van der Waals surface area contributed by atoms with E-state index < -0.39 is 34.6 Å². The van der Waals surface area contributed by atoms with E-state index in [0.717, 1.165) is 19.1 Å². The van der Waals surface area contributed by atoms with Crippen molar-refractivity contribution in [1.29, 1.82) is 0 Å². The van der Waals surface area contributed by atoms with Crippen LogP contribution in [0.25, 0.3) is 0 Å². The third-order valence-corrected chi connectivity index (χ3v) is 7.56. The van der Waals surface area contributed by atoms with Gasteiger partial charge in [-0.15, -0.1) is 0 Å². The standard InChI is InChI=1S/C24H19N3O5S/c28-22-18-10-4-5-11-19(18)23(29)25(22)16-27-21-13-7-6-12-20(21)24(30)26(33(27,31)32)15-14-17-8-2-1-3-9-17/h1-13H,14-16H2. The summed E-state index contributed by atoms with van der Waals surface area (Å²) in [5, 5.41) is 0. The van der Waals surface area contributed by atoms with Gasteiger partial charge in [0.05, 0.1) is 22.4 Å². The zero-order valence-corrected chi connectivity index (χ0v) is 18.2. The highest BCUT2D eigenvalue weighted by Crippen LogP contribution is 2.34. The maximum atomic E-state index is 13.6. The normalized spacial score (nSPS) is 16.7. The molecule has 3 amide bonds. The first-order chi connectivity index (χ1) is 15.9. The topological polar surface area (TPSA) is 95.1 Å². The number of anilines is 1. The second kappa shape index (κ2) is 7.86. The van der Waals surface area contributed by atoms with Crippen LogP contribution >= 0.6 is 0 Å². The first-order valence-electron chi connectivity index (χ1n) is 10.3. The van der Waals surface area contributed by atoms with Crippen molar-refractivity contribution in [2.24, 2.45) is 0 Å². The van der Waals surface area contributed by atoms with Gasteiger partial charge >= 0.3 is 10.2 Å². The van der Waals surface area contributed by atoms with E-state index >= 15 is 0 Å². The monoisotopic (exact) mass is 461 g/mol. The molecule has 0 atom stereocenters. The highest BCUT2D eigenvalue weighted by atomic mass is 32.2. The Morgan fingerprint density at radius 2 is 1.15 bits per heavy atom. The van der Waals surface area contributed by atoms with Crippen LogP contribution in [0.15, 0.2) is 78.9 Å². The molecule has 9 heteroatoms. The van der Waals surface area contributed by atoms with Gasteiger partial charge in [0.2, 0.25) is 0 Å². The third-order valence-electron chi connectivity index (χ3n) is 5.78. The Kier molecular flexibility index (Phi) is 4.98. The molecule has 0 N–H and O–H groups in total. The largest absolute Gasteiger partial charge is 0.330 e. The summed E-state index contributed by atoms with van der Waals surface area (Å²) in [6, 6.07) is 21.9. The molecule has 8 nitrogen and oxygen atoms in total. The van der Waals surface area contributed by atoms with Crippen LogP contribution in [0.5, 0.6) is 0 Å². The van der Waals surface area contributed by atoms with E-state index in [0.29, 0.717) is 6.42 Å². The van der Waals surface area contributed by atoms with E-state index in [1.165, 1.54) is 24.3 Å². The lowest BCUT2D eigenvalue weighted by Gasteiger charge is -2.38. The average molecular weight is 461 g/mol. The van der Waals surface area contributed by atoms with E-state index in [-0.39, 0.29) is 28.9 Å². The van der Waals surface area contributed by atoms with Gasteiger partial charge in [-0.1, -0.05) is 54.6 Å². The zero-order chi connectivity index (χ0) is 23.2. The molecule has 5 rings (SSSR count). The minimum Gasteiger partial charge on any atom is -0.269 e. The Hall–Kier alpha value is -3.98. The molecule has 3 aromatic rings. The fourth-order valence-electron chi connectivity index (χ4n) is 4.09. The Balaban J connectivity index is 1.51. The van der Waals surface area contributed by atoms with Crippen molar-refractivity contribution in [3.8, 4) is 0 Å². The highest BCUT2D eigenvalue weighted by Gasteiger charge is 2.45. The molecule has 0 unspecified atom stereocenters. The second-order valence-electron chi connectivity index (χ2n) is 7.71. The van der Waals surface area contributed by atoms with E-state index in [1.807, 2.05) is 30.3 Å². The van der Waals surface area contributed by atoms with Crippen LogP contribution in [-0.2, 0) is 16.6 Å². The number of carbonyl (C=O) groups excluding carboxylic acids is 3. The lowest BCUT2D eigenvalue weighted by Crippen LogP contribution is -2.55. The van der Waals surface area contributed by atoms with Gasteiger partial charge < -0.3 is 0 Å². The molecule has 0 aromatic heterocycles. The Labute approximate surface area is 190 Å². The fourth-order valence-corrected chi connectivity index (χ4v) is 5.63. The lowest BCUT2D eigenvalue weighted by atomic mass is 10.1. The Morgan fingerprint density at radius 3 is 1.79 bits per heavy atom. The number of carbonyl (C=O) groups is 3. The second-order valence-corrected chi connectivity index (χ2v) is 9.49. The average Bonchev–Trinajstić information content (AvgIpc) is 3.07. The Morgan fingerprint density at radius 1 is 0.606 bits per heavy atom. The van der Waals surface area contributed by atoms with Crippen molar-refractivity contribution in [3.05, 3.63) is 101 Å². The van der Waals surface area contributed by atoms with Crippen LogP contribution < -0.4 is 4.31 Å². The van der Waals surface area contributed by atoms with Crippen LogP contribution in [-0.4, -0.2) is 48.6 Å². The van der Waals surface area contributed by atoms with Crippen LogP contribution in [0.3, 0.4) is 0 Å². The van der Waals surface area contributed by atoms with Gasteiger partial charge in [-0.25, -0.2) is 8.61 Å². The molecule has 0 aliphatic carbocycles. The number of rotatable bonds is 5. The summed E-state index contributed by atoms with van der Waals surface area (Å²) in [5.41, 5.74) is 1.66. The van der Waals surface area contributed by atoms with Gasteiger partial charge in [0.15, 0.2) is 0 Å². The number of amides is 3. The highest BCUT2D eigenvalue weighted by molar-refractivity contribution is 7.91. The molecule has 2 heterocycles. The number of hydrogen-bond donors (Lipinski definition) is 0. The van der Waals surface area contributed by atoms with Crippen molar-refractivity contribution >= 4 is 33.6 Å². The van der Waals surface area contributed by atoms with Gasteiger partial charge in [-0.05, 0) is 36.2 Å². The molecule has 0 saturated carbocycles. The summed E-state index contributed by atoms with van der Waals surface area (Å²) in [7, 11) is -4.35. The maximum absolute atomic E-state index is 13.6. The van der Waals surface area contributed by atoms with E-state index in [1.54, 1.807) is 24.3 Å². The predicted octanol–water partition coefficient (Wildman–Crippen LogP) is 2.69. The number of nitrogens with zero attached hydrogens (tertiary/aromatic N) is 3. The number of fused-ring (bicyclic) bond motifs is 2. The molecule has 0 spiro atoms. The van der Waals surface area contributed by atoms with Crippen molar-refractivity contribution in [2.75, 3.05) is 17.5 Å². The van der Waals surface area contributed by atoms with Crippen molar-refractivity contribution in [3.63, 3.8) is 0 Å². The molecule has 0 saturated heterocycles. The smallest absolute Gasteiger partial charge is 0.269 e. The van der Waals surface area contributed by atoms with Crippen molar-refractivity contribution in [2.45, 2.75) is 6.42 Å². The molecule has 2 aliphatic heterocycles. The number of hydrogen-bond acceptors (Lipinski definition) is 5. The first-order valence-corrected chi connectivity index (χ1v) is 11.7. The molecule has 0 radical (unpaired) electrons. The summed E-state index contributed by atoms with van der Waals surface area (Å²) in [5.74, 6) is -1.79. The molecule has 0 fully saturated rings. The summed E-state index contributed by atoms with van der Waals surface area (Å²) in [6.07, 6.45) is 0.328. The first kappa shape index (κ1) is 20.9. The van der Waals surface area contributed by atoms with Gasteiger partial charge in [-0.3, -0.25) is 19.3 Å². The number of imide groups is 1. The van der Waals surface area contributed by atoms with Crippen LogP contribution in [0, 0.1) is 0 Å². The van der Waals surface area contributed by atoms with E-state index in [9.17, 15) is 22.8 Å².